The second-order valence-electron chi connectivity index (χ2n) is 6.87. The summed E-state index contributed by atoms with van der Waals surface area (Å²) in [6.07, 6.45) is 4.69. The number of carbonyl (C=O) groups is 1. The number of fused-ring (bicyclic) bond motifs is 1. The van der Waals surface area contributed by atoms with Crippen LogP contribution in [0.2, 0.25) is 0 Å². The van der Waals surface area contributed by atoms with Gasteiger partial charge in [-0.1, -0.05) is 6.07 Å². The smallest absolute Gasteiger partial charge is 0.332 e. The Labute approximate surface area is 177 Å². The van der Waals surface area contributed by atoms with Gasteiger partial charge in [0, 0.05) is 24.2 Å². The SMILES string of the molecule is CCOc1ccc(C(=O)Cn2c(=O)n(Cc3cccnc3)c(=O)c3ncccc32)cc1. The minimum absolute atomic E-state index is 0.0370. The van der Waals surface area contributed by atoms with Crippen LogP contribution in [0.4, 0.5) is 0 Å². The summed E-state index contributed by atoms with van der Waals surface area (Å²) in [6.45, 7) is 2.23. The van der Waals surface area contributed by atoms with Gasteiger partial charge in [-0.2, -0.15) is 0 Å². The predicted molar refractivity (Wildman–Crippen MR) is 116 cm³/mol. The molecule has 4 aromatic rings. The van der Waals surface area contributed by atoms with Gasteiger partial charge in [0.05, 0.1) is 25.2 Å². The van der Waals surface area contributed by atoms with Gasteiger partial charge in [0.1, 0.15) is 5.75 Å². The van der Waals surface area contributed by atoms with Gasteiger partial charge in [-0.25, -0.2) is 9.78 Å². The van der Waals surface area contributed by atoms with Crippen molar-refractivity contribution in [1.29, 1.82) is 0 Å². The Morgan fingerprint density at radius 1 is 1.00 bits per heavy atom. The van der Waals surface area contributed by atoms with Gasteiger partial charge < -0.3 is 4.74 Å². The molecule has 8 heteroatoms. The zero-order valence-electron chi connectivity index (χ0n) is 16.9. The van der Waals surface area contributed by atoms with Gasteiger partial charge in [-0.05, 0) is 55.0 Å². The van der Waals surface area contributed by atoms with Gasteiger partial charge in [0.15, 0.2) is 11.3 Å². The molecule has 3 aromatic heterocycles. The number of aromatic nitrogens is 4. The number of pyridine rings is 2. The first-order valence-electron chi connectivity index (χ1n) is 9.82. The summed E-state index contributed by atoms with van der Waals surface area (Å²) in [5.74, 6) is 0.401. The molecule has 0 N–H and O–H groups in total. The molecule has 3 heterocycles. The maximum absolute atomic E-state index is 13.2. The van der Waals surface area contributed by atoms with Crippen molar-refractivity contribution in [3.63, 3.8) is 0 Å². The summed E-state index contributed by atoms with van der Waals surface area (Å²) in [4.78, 5) is 47.3. The maximum Gasteiger partial charge on any atom is 0.332 e. The molecule has 8 nitrogen and oxygen atoms in total. The number of nitrogens with zero attached hydrogens (tertiary/aromatic N) is 4. The monoisotopic (exact) mass is 416 g/mol. The van der Waals surface area contributed by atoms with E-state index in [2.05, 4.69) is 9.97 Å². The van der Waals surface area contributed by atoms with E-state index in [9.17, 15) is 14.4 Å². The largest absolute Gasteiger partial charge is 0.494 e. The summed E-state index contributed by atoms with van der Waals surface area (Å²) < 4.78 is 7.77. The maximum atomic E-state index is 13.2. The molecule has 0 atom stereocenters. The number of ketones is 1. The fourth-order valence-corrected chi connectivity index (χ4v) is 3.35. The zero-order chi connectivity index (χ0) is 21.8. The van der Waals surface area contributed by atoms with Gasteiger partial charge in [0.25, 0.3) is 5.56 Å². The molecule has 1 aromatic carbocycles. The Balaban J connectivity index is 1.77. The summed E-state index contributed by atoms with van der Waals surface area (Å²) >= 11 is 0. The first-order valence-corrected chi connectivity index (χ1v) is 9.82. The predicted octanol–water partition coefficient (Wildman–Crippen LogP) is 2.28. The molecule has 0 spiro atoms. The second kappa shape index (κ2) is 8.74. The van der Waals surface area contributed by atoms with Gasteiger partial charge >= 0.3 is 5.69 Å². The summed E-state index contributed by atoms with van der Waals surface area (Å²) in [5.41, 5.74) is 0.506. The summed E-state index contributed by atoms with van der Waals surface area (Å²) in [6, 6.07) is 13.5. The van der Waals surface area contributed by atoms with Crippen LogP contribution < -0.4 is 16.0 Å². The van der Waals surface area contributed by atoms with Crippen LogP contribution >= 0.6 is 0 Å². The minimum atomic E-state index is -0.575. The molecule has 0 unspecified atom stereocenters. The minimum Gasteiger partial charge on any atom is -0.494 e. The molecule has 0 aliphatic carbocycles. The van der Waals surface area contributed by atoms with E-state index in [-0.39, 0.29) is 24.4 Å². The van der Waals surface area contributed by atoms with E-state index in [1.807, 2.05) is 6.92 Å². The second-order valence-corrected chi connectivity index (χ2v) is 6.87. The molecule has 0 fully saturated rings. The van der Waals surface area contributed by atoms with Crippen molar-refractivity contribution in [3.8, 4) is 5.75 Å². The van der Waals surface area contributed by atoms with Gasteiger partial charge in [0.2, 0.25) is 0 Å². The standard InChI is InChI=1S/C23H20N4O4/c1-2-31-18-9-7-17(8-10-18)20(28)15-26-19-6-4-12-25-21(19)22(29)27(23(26)30)14-16-5-3-11-24-13-16/h3-13H,2,14-15H2,1H3. The van der Waals surface area contributed by atoms with Crippen LogP contribution in [-0.4, -0.2) is 31.5 Å². The van der Waals surface area contributed by atoms with Crippen LogP contribution in [0.25, 0.3) is 11.0 Å². The van der Waals surface area contributed by atoms with Gasteiger partial charge in [-0.3, -0.25) is 23.7 Å². The van der Waals surface area contributed by atoms with Crippen molar-refractivity contribution in [1.82, 2.24) is 19.1 Å². The van der Waals surface area contributed by atoms with E-state index < -0.39 is 11.2 Å². The quantitative estimate of drug-likeness (QED) is 0.429. The molecule has 156 valence electrons. The van der Waals surface area contributed by atoms with Crippen LogP contribution in [0, 0.1) is 0 Å². The Hall–Kier alpha value is -4.07. The number of hydrogen-bond donors (Lipinski definition) is 0. The average molecular weight is 416 g/mol. The van der Waals surface area contributed by atoms with Crippen molar-refractivity contribution in [2.45, 2.75) is 20.0 Å². The van der Waals surface area contributed by atoms with E-state index in [1.165, 1.54) is 10.8 Å². The first-order chi connectivity index (χ1) is 15.1. The van der Waals surface area contributed by atoms with Crippen LogP contribution in [-0.2, 0) is 13.1 Å². The molecule has 0 aliphatic rings. The molecule has 0 amide bonds. The third kappa shape index (κ3) is 4.13. The van der Waals surface area contributed by atoms with Crippen molar-refractivity contribution in [2.24, 2.45) is 0 Å². The fraction of sp³-hybridized carbons (Fsp3) is 0.174. The molecule has 31 heavy (non-hydrogen) atoms. The van der Waals surface area contributed by atoms with Gasteiger partial charge in [-0.15, -0.1) is 0 Å². The van der Waals surface area contributed by atoms with E-state index in [4.69, 9.17) is 4.74 Å². The first kappa shape index (κ1) is 20.2. The molecule has 0 aliphatic heterocycles. The zero-order valence-corrected chi connectivity index (χ0v) is 16.9. The van der Waals surface area contributed by atoms with E-state index in [1.54, 1.807) is 60.9 Å². The normalized spacial score (nSPS) is 10.9. The van der Waals surface area contributed by atoms with Crippen molar-refractivity contribution in [2.75, 3.05) is 6.61 Å². The lowest BCUT2D eigenvalue weighted by Crippen LogP contribution is -2.41. The molecule has 0 saturated carbocycles. The van der Waals surface area contributed by atoms with Crippen molar-refractivity contribution >= 4 is 16.8 Å². The molecular weight excluding hydrogens is 396 g/mol. The van der Waals surface area contributed by atoms with Crippen LogP contribution in [0.15, 0.2) is 76.7 Å². The fourth-order valence-electron chi connectivity index (χ4n) is 3.35. The number of rotatable bonds is 7. The highest BCUT2D eigenvalue weighted by molar-refractivity contribution is 5.96. The molecular formula is C23H20N4O4. The van der Waals surface area contributed by atoms with Crippen molar-refractivity contribution < 1.29 is 9.53 Å². The molecule has 0 radical (unpaired) electrons. The Morgan fingerprint density at radius 2 is 1.77 bits per heavy atom. The molecule has 0 bridgehead atoms. The average Bonchev–Trinajstić information content (AvgIpc) is 2.81. The lowest BCUT2D eigenvalue weighted by Gasteiger charge is -2.13. The summed E-state index contributed by atoms with van der Waals surface area (Å²) in [7, 11) is 0. The van der Waals surface area contributed by atoms with Crippen LogP contribution in [0.5, 0.6) is 5.75 Å². The molecule has 0 saturated heterocycles. The van der Waals surface area contributed by atoms with E-state index in [0.29, 0.717) is 29.0 Å². The van der Waals surface area contributed by atoms with Crippen LogP contribution in [0.3, 0.4) is 0 Å². The Kier molecular flexibility index (Phi) is 5.70. The lowest BCUT2D eigenvalue weighted by atomic mass is 10.1. The third-order valence-electron chi connectivity index (χ3n) is 4.84. The topological polar surface area (TPSA) is 96.1 Å². The highest BCUT2D eigenvalue weighted by atomic mass is 16.5. The van der Waals surface area contributed by atoms with Crippen molar-refractivity contribution in [3.05, 3.63) is 99.1 Å². The highest BCUT2D eigenvalue weighted by Crippen LogP contribution is 2.14. The number of Topliss-reactive ketones (excluding diaryl/α,β-unsaturated/α-hetero) is 1. The summed E-state index contributed by atoms with van der Waals surface area (Å²) in [5, 5.41) is 0. The third-order valence-corrected chi connectivity index (χ3v) is 4.84. The Morgan fingerprint density at radius 3 is 2.48 bits per heavy atom. The number of ether oxygens (including phenoxy) is 1. The number of benzene rings is 1. The van der Waals surface area contributed by atoms with Crippen LogP contribution in [0.1, 0.15) is 22.8 Å². The Bertz CT molecular complexity index is 1340. The van der Waals surface area contributed by atoms with E-state index >= 15 is 0 Å². The lowest BCUT2D eigenvalue weighted by molar-refractivity contribution is 0.0971. The number of carbonyl (C=O) groups excluding carboxylic acids is 1. The van der Waals surface area contributed by atoms with E-state index in [0.717, 1.165) is 4.57 Å². The molecule has 4 rings (SSSR count). The number of hydrogen-bond acceptors (Lipinski definition) is 6. The highest BCUT2D eigenvalue weighted by Gasteiger charge is 2.17.